The maximum Gasteiger partial charge on any atom is 0.144 e. The predicted molar refractivity (Wildman–Crippen MR) is 64.3 cm³/mol. The first-order valence-corrected chi connectivity index (χ1v) is 6.38. The summed E-state index contributed by atoms with van der Waals surface area (Å²) in [5.41, 5.74) is 0. The molecule has 1 fully saturated rings. The smallest absolute Gasteiger partial charge is 0.144 e. The van der Waals surface area contributed by atoms with Gasteiger partial charge in [0, 0.05) is 18.9 Å². The fraction of sp³-hybridized carbons (Fsp3) is 0.846. The first-order chi connectivity index (χ1) is 7.60. The van der Waals surface area contributed by atoms with Crippen LogP contribution in [0.5, 0.6) is 0 Å². The molecule has 3 nitrogen and oxygen atoms in total. The lowest BCUT2D eigenvalue weighted by atomic mass is 9.81. The molecule has 0 spiro atoms. The Morgan fingerprint density at radius 1 is 1.25 bits per heavy atom. The summed E-state index contributed by atoms with van der Waals surface area (Å²) in [6.45, 7) is 6.79. The molecule has 1 heterocycles. The van der Waals surface area contributed by atoms with Crippen molar-refractivity contribution in [2.75, 3.05) is 6.54 Å². The summed E-state index contributed by atoms with van der Waals surface area (Å²) in [6.07, 6.45) is 3.01. The van der Waals surface area contributed by atoms with Gasteiger partial charge in [-0.15, -0.1) is 0 Å². The van der Waals surface area contributed by atoms with Crippen LogP contribution in [0.3, 0.4) is 0 Å². The Morgan fingerprint density at radius 3 is 2.25 bits per heavy atom. The van der Waals surface area contributed by atoms with E-state index in [1.54, 1.807) is 0 Å². The van der Waals surface area contributed by atoms with E-state index in [0.717, 1.165) is 19.4 Å². The van der Waals surface area contributed by atoms with Crippen LogP contribution in [0.25, 0.3) is 0 Å². The van der Waals surface area contributed by atoms with Crippen LogP contribution in [-0.2, 0) is 9.59 Å². The van der Waals surface area contributed by atoms with Crippen LogP contribution in [0.2, 0.25) is 0 Å². The van der Waals surface area contributed by atoms with Crippen LogP contribution < -0.4 is 5.32 Å². The number of ketones is 2. The van der Waals surface area contributed by atoms with Gasteiger partial charge in [-0.3, -0.25) is 9.59 Å². The first-order valence-electron chi connectivity index (χ1n) is 6.38. The van der Waals surface area contributed by atoms with Crippen molar-refractivity contribution in [1.29, 1.82) is 0 Å². The molecule has 0 aliphatic carbocycles. The van der Waals surface area contributed by atoms with Crippen LogP contribution in [0.1, 0.15) is 46.5 Å². The van der Waals surface area contributed by atoms with Gasteiger partial charge in [-0.1, -0.05) is 20.8 Å². The van der Waals surface area contributed by atoms with Gasteiger partial charge in [0.2, 0.25) is 0 Å². The zero-order valence-corrected chi connectivity index (χ0v) is 10.6. The Bertz CT molecular complexity index is 247. The summed E-state index contributed by atoms with van der Waals surface area (Å²) < 4.78 is 0. The fourth-order valence-corrected chi connectivity index (χ4v) is 2.47. The van der Waals surface area contributed by atoms with Crippen LogP contribution in [-0.4, -0.2) is 24.2 Å². The van der Waals surface area contributed by atoms with Gasteiger partial charge in [0.25, 0.3) is 0 Å². The van der Waals surface area contributed by atoms with Crippen molar-refractivity contribution < 1.29 is 9.59 Å². The molecule has 1 saturated heterocycles. The maximum atomic E-state index is 11.9. The number of rotatable bonds is 5. The highest BCUT2D eigenvalue weighted by Crippen LogP contribution is 2.23. The third-order valence-electron chi connectivity index (χ3n) is 3.49. The zero-order valence-electron chi connectivity index (χ0n) is 10.6. The lowest BCUT2D eigenvalue weighted by molar-refractivity contribution is -0.134. The van der Waals surface area contributed by atoms with Crippen molar-refractivity contribution >= 4 is 11.6 Å². The van der Waals surface area contributed by atoms with Gasteiger partial charge in [-0.25, -0.2) is 0 Å². The van der Waals surface area contributed by atoms with Gasteiger partial charge < -0.3 is 5.32 Å². The number of carbonyl (C=O) groups is 2. The number of nitrogens with one attached hydrogen (secondary N) is 1. The van der Waals surface area contributed by atoms with Crippen molar-refractivity contribution in [2.24, 2.45) is 11.8 Å². The van der Waals surface area contributed by atoms with Crippen molar-refractivity contribution in [1.82, 2.24) is 5.32 Å². The molecule has 0 aromatic heterocycles. The molecule has 0 radical (unpaired) electrons. The van der Waals surface area contributed by atoms with Crippen molar-refractivity contribution in [3.63, 3.8) is 0 Å². The minimum absolute atomic E-state index is 0.0728. The largest absolute Gasteiger partial charge is 0.313 e. The average molecular weight is 225 g/mol. The summed E-state index contributed by atoms with van der Waals surface area (Å²) in [5, 5.41) is 3.34. The Labute approximate surface area is 98.0 Å². The van der Waals surface area contributed by atoms with Gasteiger partial charge in [-0.05, 0) is 25.3 Å². The second-order valence-corrected chi connectivity index (χ2v) is 4.81. The van der Waals surface area contributed by atoms with Crippen molar-refractivity contribution in [3.8, 4) is 0 Å². The number of carbonyl (C=O) groups excluding carboxylic acids is 2. The highest BCUT2D eigenvalue weighted by molar-refractivity contribution is 6.02. The highest BCUT2D eigenvalue weighted by atomic mass is 16.1. The van der Waals surface area contributed by atoms with E-state index in [1.165, 1.54) is 0 Å². The van der Waals surface area contributed by atoms with Gasteiger partial charge in [-0.2, -0.15) is 0 Å². The van der Waals surface area contributed by atoms with E-state index >= 15 is 0 Å². The molecule has 1 rings (SSSR count). The molecular weight excluding hydrogens is 202 g/mol. The number of hydrogen-bond donors (Lipinski definition) is 1. The number of hydrogen-bond acceptors (Lipinski definition) is 3. The third-order valence-corrected chi connectivity index (χ3v) is 3.49. The van der Waals surface area contributed by atoms with Crippen LogP contribution >= 0.6 is 0 Å². The molecule has 2 unspecified atom stereocenters. The predicted octanol–water partition coefficient (Wildman–Crippen LogP) is 1.95. The van der Waals surface area contributed by atoms with Crippen molar-refractivity contribution in [2.45, 2.75) is 52.5 Å². The van der Waals surface area contributed by atoms with E-state index < -0.39 is 5.92 Å². The van der Waals surface area contributed by atoms with E-state index in [0.29, 0.717) is 18.8 Å². The minimum Gasteiger partial charge on any atom is -0.313 e. The Balaban J connectivity index is 2.75. The molecule has 2 atom stereocenters. The molecule has 0 amide bonds. The first kappa shape index (κ1) is 13.4. The van der Waals surface area contributed by atoms with Gasteiger partial charge >= 0.3 is 0 Å². The van der Waals surface area contributed by atoms with E-state index in [1.807, 2.05) is 13.8 Å². The lowest BCUT2D eigenvalue weighted by Crippen LogP contribution is -2.48. The van der Waals surface area contributed by atoms with Crippen molar-refractivity contribution in [3.05, 3.63) is 0 Å². The Kier molecular flexibility index (Phi) is 5.13. The maximum absolute atomic E-state index is 11.9. The van der Waals surface area contributed by atoms with E-state index in [9.17, 15) is 9.59 Å². The Hall–Kier alpha value is -0.700. The molecule has 0 aromatic carbocycles. The summed E-state index contributed by atoms with van der Waals surface area (Å²) in [5.74, 6) is 0.401. The second kappa shape index (κ2) is 6.14. The molecule has 3 heteroatoms. The van der Waals surface area contributed by atoms with E-state index in [-0.39, 0.29) is 17.6 Å². The van der Waals surface area contributed by atoms with E-state index in [2.05, 4.69) is 12.2 Å². The quantitative estimate of drug-likeness (QED) is 0.727. The highest BCUT2D eigenvalue weighted by Gasteiger charge is 2.34. The summed E-state index contributed by atoms with van der Waals surface area (Å²) in [6, 6.07) is 0.0728. The number of piperidine rings is 1. The van der Waals surface area contributed by atoms with Gasteiger partial charge in [0.15, 0.2) is 0 Å². The molecule has 1 N–H and O–H groups in total. The molecular formula is C13H23NO2. The summed E-state index contributed by atoms with van der Waals surface area (Å²) >= 11 is 0. The third kappa shape index (κ3) is 3.14. The van der Waals surface area contributed by atoms with Crippen LogP contribution in [0, 0.1) is 11.8 Å². The van der Waals surface area contributed by atoms with Crippen LogP contribution in [0.4, 0.5) is 0 Å². The molecule has 0 bridgehead atoms. The molecule has 0 saturated carbocycles. The second-order valence-electron chi connectivity index (χ2n) is 4.81. The molecule has 0 aromatic rings. The standard InChI is InChI=1S/C13H23NO2/c1-4-11(15)13(12(16)5-2)10-8-9(3)6-7-14-10/h9-10,13-14H,4-8H2,1-3H3. The lowest BCUT2D eigenvalue weighted by Gasteiger charge is -2.32. The minimum atomic E-state index is -0.405. The van der Waals surface area contributed by atoms with Gasteiger partial charge in [0.05, 0.1) is 5.92 Å². The summed E-state index contributed by atoms with van der Waals surface area (Å²) in [7, 11) is 0. The number of Topliss-reactive ketones (excluding diaryl/α,β-unsaturated/α-hetero) is 2. The van der Waals surface area contributed by atoms with Gasteiger partial charge in [0.1, 0.15) is 11.6 Å². The van der Waals surface area contributed by atoms with Crippen LogP contribution in [0.15, 0.2) is 0 Å². The fourth-order valence-electron chi connectivity index (χ4n) is 2.47. The SMILES string of the molecule is CCC(=O)C(C(=O)CC)C1CC(C)CCN1. The molecule has 16 heavy (non-hydrogen) atoms. The zero-order chi connectivity index (χ0) is 12.1. The normalized spacial score (nSPS) is 25.8. The average Bonchev–Trinajstić information content (AvgIpc) is 2.29. The molecule has 92 valence electrons. The summed E-state index contributed by atoms with van der Waals surface area (Å²) in [4.78, 5) is 23.7. The Morgan fingerprint density at radius 2 is 1.81 bits per heavy atom. The monoisotopic (exact) mass is 225 g/mol. The molecule has 1 aliphatic rings. The molecule has 1 aliphatic heterocycles. The van der Waals surface area contributed by atoms with E-state index in [4.69, 9.17) is 0 Å². The topological polar surface area (TPSA) is 46.2 Å².